The minimum atomic E-state index is -0.270. The van der Waals surface area contributed by atoms with Crippen LogP contribution < -0.4 is 19.7 Å². The molecule has 1 aliphatic rings. The summed E-state index contributed by atoms with van der Waals surface area (Å²) < 4.78 is 16.0. The maximum atomic E-state index is 13.1. The van der Waals surface area contributed by atoms with E-state index in [4.69, 9.17) is 14.2 Å². The van der Waals surface area contributed by atoms with E-state index in [1.165, 1.54) is 18.4 Å². The Labute approximate surface area is 189 Å². The second kappa shape index (κ2) is 9.09. The van der Waals surface area contributed by atoms with Crippen molar-refractivity contribution in [2.45, 2.75) is 26.4 Å². The molecule has 2 aromatic heterocycles. The number of rotatable bonds is 7. The number of hydrogen-bond acceptors (Lipinski definition) is 8. The van der Waals surface area contributed by atoms with Crippen molar-refractivity contribution in [1.82, 2.24) is 9.97 Å². The summed E-state index contributed by atoms with van der Waals surface area (Å²) >= 11 is 1.27. The lowest BCUT2D eigenvalue weighted by Crippen LogP contribution is -2.24. The first-order valence-electron chi connectivity index (χ1n) is 10.1. The fourth-order valence-electron chi connectivity index (χ4n) is 3.77. The lowest BCUT2D eigenvalue weighted by Gasteiger charge is -2.19. The van der Waals surface area contributed by atoms with E-state index in [1.54, 1.807) is 37.3 Å². The first-order valence-corrected chi connectivity index (χ1v) is 10.9. The molecule has 3 aromatic rings. The molecule has 0 unspecified atom stereocenters. The van der Waals surface area contributed by atoms with Crippen molar-refractivity contribution < 1.29 is 23.8 Å². The minimum absolute atomic E-state index is 0.0730. The molecule has 10 heteroatoms. The van der Waals surface area contributed by atoms with Gasteiger partial charge in [0.05, 0.1) is 30.2 Å². The third-order valence-corrected chi connectivity index (χ3v) is 6.46. The molecule has 1 saturated heterocycles. The summed E-state index contributed by atoms with van der Waals surface area (Å²) in [6, 6.07) is 5.28. The van der Waals surface area contributed by atoms with E-state index in [2.05, 4.69) is 15.3 Å². The van der Waals surface area contributed by atoms with Gasteiger partial charge in [-0.2, -0.15) is 4.98 Å². The predicted molar refractivity (Wildman–Crippen MR) is 122 cm³/mol. The van der Waals surface area contributed by atoms with Crippen LogP contribution in [0.5, 0.6) is 11.6 Å². The van der Waals surface area contributed by atoms with E-state index in [9.17, 15) is 9.59 Å². The van der Waals surface area contributed by atoms with Crippen molar-refractivity contribution in [1.29, 1.82) is 0 Å². The van der Waals surface area contributed by atoms with Crippen molar-refractivity contribution in [2.24, 2.45) is 0 Å². The van der Waals surface area contributed by atoms with Gasteiger partial charge in [-0.15, -0.1) is 11.3 Å². The summed E-state index contributed by atoms with van der Waals surface area (Å²) in [5.74, 6) is 1.23. The molecule has 4 rings (SSSR count). The van der Waals surface area contributed by atoms with Crippen LogP contribution in [0, 0.1) is 6.92 Å². The van der Waals surface area contributed by atoms with E-state index in [-0.39, 0.29) is 18.4 Å². The molecule has 168 valence electrons. The maximum Gasteiger partial charge on any atom is 0.266 e. The van der Waals surface area contributed by atoms with Gasteiger partial charge >= 0.3 is 0 Å². The Morgan fingerprint density at radius 1 is 1.22 bits per heavy atom. The van der Waals surface area contributed by atoms with Crippen LogP contribution in [0.2, 0.25) is 0 Å². The number of anilines is 2. The molecule has 3 heterocycles. The lowest BCUT2D eigenvalue weighted by molar-refractivity contribution is -0.117. The third-order valence-electron chi connectivity index (χ3n) is 5.28. The number of thiophene rings is 1. The average Bonchev–Trinajstić information content (AvgIpc) is 3.36. The standard InChI is InChI=1S/C22H24N4O5S/c1-12-18-21(31-4)24-16(11-29-2)25-22(18)32-19(12)20(28)23-13-7-8-14(15(10-13)30-3)26-9-5-6-17(26)27/h7-8,10H,5-6,9,11H2,1-4H3,(H,23,28). The van der Waals surface area contributed by atoms with Gasteiger partial charge in [-0.05, 0) is 31.0 Å². The zero-order chi connectivity index (χ0) is 22.8. The highest BCUT2D eigenvalue weighted by Gasteiger charge is 2.25. The molecule has 0 atom stereocenters. The number of nitrogens with one attached hydrogen (secondary N) is 1. The van der Waals surface area contributed by atoms with Crippen LogP contribution in [-0.4, -0.2) is 49.7 Å². The van der Waals surface area contributed by atoms with Crippen LogP contribution in [0.3, 0.4) is 0 Å². The van der Waals surface area contributed by atoms with Crippen LogP contribution in [0.1, 0.15) is 33.9 Å². The van der Waals surface area contributed by atoms with Gasteiger partial charge in [0, 0.05) is 31.8 Å². The van der Waals surface area contributed by atoms with E-state index >= 15 is 0 Å². The van der Waals surface area contributed by atoms with Gasteiger partial charge in [0.15, 0.2) is 5.82 Å². The number of fused-ring (bicyclic) bond motifs is 1. The van der Waals surface area contributed by atoms with Crippen molar-refractivity contribution in [3.05, 3.63) is 34.5 Å². The molecule has 0 radical (unpaired) electrons. The summed E-state index contributed by atoms with van der Waals surface area (Å²) in [6.45, 7) is 2.75. The van der Waals surface area contributed by atoms with Gasteiger partial charge in [0.25, 0.3) is 5.91 Å². The van der Waals surface area contributed by atoms with Crippen LogP contribution >= 0.6 is 11.3 Å². The number of carbonyl (C=O) groups is 2. The number of methoxy groups -OCH3 is 3. The summed E-state index contributed by atoms with van der Waals surface area (Å²) in [7, 11) is 4.65. The van der Waals surface area contributed by atoms with Crippen molar-refractivity contribution in [3.8, 4) is 11.6 Å². The SMILES string of the molecule is COCc1nc(OC)c2c(C)c(C(=O)Nc3ccc(N4CCCC4=O)c(OC)c3)sc2n1. The minimum Gasteiger partial charge on any atom is -0.494 e. The number of nitrogens with zero attached hydrogens (tertiary/aromatic N) is 3. The fraction of sp³-hybridized carbons (Fsp3) is 0.364. The van der Waals surface area contributed by atoms with Gasteiger partial charge in [-0.1, -0.05) is 0 Å². The molecule has 32 heavy (non-hydrogen) atoms. The van der Waals surface area contributed by atoms with Gasteiger partial charge < -0.3 is 24.4 Å². The number of benzene rings is 1. The average molecular weight is 457 g/mol. The van der Waals surface area contributed by atoms with E-state index in [0.717, 1.165) is 12.0 Å². The molecule has 9 nitrogen and oxygen atoms in total. The summed E-state index contributed by atoms with van der Waals surface area (Å²) in [5.41, 5.74) is 2.02. The smallest absolute Gasteiger partial charge is 0.266 e. The Hall–Kier alpha value is -3.24. The largest absolute Gasteiger partial charge is 0.494 e. The molecule has 1 fully saturated rings. The lowest BCUT2D eigenvalue weighted by atomic mass is 10.2. The zero-order valence-corrected chi connectivity index (χ0v) is 19.2. The topological polar surface area (TPSA) is 103 Å². The van der Waals surface area contributed by atoms with E-state index in [0.29, 0.717) is 56.9 Å². The maximum absolute atomic E-state index is 13.1. The van der Waals surface area contributed by atoms with Crippen LogP contribution in [0.15, 0.2) is 18.2 Å². The van der Waals surface area contributed by atoms with Gasteiger partial charge in [0.2, 0.25) is 11.8 Å². The molecule has 0 bridgehead atoms. The normalized spacial score (nSPS) is 13.6. The quantitative estimate of drug-likeness (QED) is 0.580. The number of aryl methyl sites for hydroxylation is 1. The second-order valence-electron chi connectivity index (χ2n) is 7.31. The van der Waals surface area contributed by atoms with Gasteiger partial charge in [-0.3, -0.25) is 9.59 Å². The zero-order valence-electron chi connectivity index (χ0n) is 18.4. The van der Waals surface area contributed by atoms with E-state index < -0.39 is 0 Å². The van der Waals surface area contributed by atoms with Crippen LogP contribution in [0.25, 0.3) is 10.2 Å². The molecule has 1 aliphatic heterocycles. The van der Waals surface area contributed by atoms with Crippen molar-refractivity contribution >= 4 is 44.7 Å². The number of amides is 2. The fourth-order valence-corrected chi connectivity index (χ4v) is 4.86. The third kappa shape index (κ3) is 3.98. The molecule has 0 aliphatic carbocycles. The molecule has 1 aromatic carbocycles. The number of ether oxygens (including phenoxy) is 3. The summed E-state index contributed by atoms with van der Waals surface area (Å²) in [6.07, 6.45) is 1.36. The molecule has 0 spiro atoms. The Balaban J connectivity index is 1.64. The van der Waals surface area contributed by atoms with Gasteiger partial charge in [-0.25, -0.2) is 4.98 Å². The predicted octanol–water partition coefficient (Wildman–Crippen LogP) is 3.54. The highest BCUT2D eigenvalue weighted by Crippen LogP contribution is 2.37. The van der Waals surface area contributed by atoms with Crippen LogP contribution in [0.4, 0.5) is 11.4 Å². The van der Waals surface area contributed by atoms with Crippen molar-refractivity contribution in [2.75, 3.05) is 38.1 Å². The number of aromatic nitrogens is 2. The molecular weight excluding hydrogens is 432 g/mol. The van der Waals surface area contributed by atoms with E-state index in [1.807, 2.05) is 6.92 Å². The summed E-state index contributed by atoms with van der Waals surface area (Å²) in [5, 5.41) is 3.63. The monoisotopic (exact) mass is 456 g/mol. The number of carbonyl (C=O) groups excluding carboxylic acids is 2. The molecular formula is C22H24N4O5S. The highest BCUT2D eigenvalue weighted by molar-refractivity contribution is 7.20. The number of hydrogen-bond donors (Lipinski definition) is 1. The Bertz CT molecular complexity index is 1190. The van der Waals surface area contributed by atoms with Crippen molar-refractivity contribution in [3.63, 3.8) is 0 Å². The second-order valence-corrected chi connectivity index (χ2v) is 8.31. The molecule has 0 saturated carbocycles. The van der Waals surface area contributed by atoms with Crippen LogP contribution in [-0.2, 0) is 16.1 Å². The first-order chi connectivity index (χ1) is 15.5. The highest BCUT2D eigenvalue weighted by atomic mass is 32.1. The Morgan fingerprint density at radius 3 is 2.69 bits per heavy atom. The Kier molecular flexibility index (Phi) is 6.24. The first kappa shape index (κ1) is 22.0. The molecule has 2 amide bonds. The molecule has 1 N–H and O–H groups in total. The summed E-state index contributed by atoms with van der Waals surface area (Å²) in [4.78, 5) is 36.9. The Morgan fingerprint density at radius 2 is 2.03 bits per heavy atom. The van der Waals surface area contributed by atoms with Gasteiger partial charge in [0.1, 0.15) is 17.2 Å².